The van der Waals surface area contributed by atoms with E-state index in [0.717, 1.165) is 44.2 Å². The quantitative estimate of drug-likeness (QED) is 0.744. The van der Waals surface area contributed by atoms with Gasteiger partial charge in [0.25, 0.3) is 0 Å². The third-order valence-electron chi connectivity index (χ3n) is 3.66. The minimum absolute atomic E-state index is 0.412. The maximum atomic E-state index is 5.70. The van der Waals surface area contributed by atoms with Crippen LogP contribution < -0.4 is 10.1 Å². The van der Waals surface area contributed by atoms with Crippen LogP contribution in [0.1, 0.15) is 32.6 Å². The van der Waals surface area contributed by atoms with E-state index >= 15 is 0 Å². The van der Waals surface area contributed by atoms with Crippen molar-refractivity contribution < 1.29 is 9.47 Å². The summed E-state index contributed by atoms with van der Waals surface area (Å²) in [5.74, 6) is 1.71. The average molecular weight is 264 g/mol. The van der Waals surface area contributed by atoms with E-state index in [1.54, 1.807) is 13.3 Å². The van der Waals surface area contributed by atoms with E-state index in [1.165, 1.54) is 12.8 Å². The van der Waals surface area contributed by atoms with Crippen LogP contribution in [0.15, 0.2) is 18.3 Å². The predicted molar refractivity (Wildman–Crippen MR) is 76.7 cm³/mol. The van der Waals surface area contributed by atoms with Crippen molar-refractivity contribution in [2.45, 2.75) is 32.6 Å². The van der Waals surface area contributed by atoms with Gasteiger partial charge < -0.3 is 14.8 Å². The number of nitrogens with zero attached hydrogens (tertiary/aromatic N) is 1. The third-order valence-corrected chi connectivity index (χ3v) is 3.66. The van der Waals surface area contributed by atoms with Gasteiger partial charge in [-0.1, -0.05) is 6.92 Å². The summed E-state index contributed by atoms with van der Waals surface area (Å²) in [7, 11) is 1.76. The van der Waals surface area contributed by atoms with E-state index in [4.69, 9.17) is 9.47 Å². The lowest BCUT2D eigenvalue weighted by atomic mass is 10.0. The van der Waals surface area contributed by atoms with Crippen LogP contribution in [0.5, 0.6) is 5.75 Å². The fourth-order valence-electron chi connectivity index (χ4n) is 2.13. The molecule has 0 atom stereocenters. The van der Waals surface area contributed by atoms with Crippen molar-refractivity contribution in [3.8, 4) is 5.75 Å². The molecule has 1 aromatic rings. The van der Waals surface area contributed by atoms with Crippen LogP contribution in [0.2, 0.25) is 0 Å². The Bertz CT molecular complexity index is 391. The van der Waals surface area contributed by atoms with Crippen LogP contribution in [0.3, 0.4) is 0 Å². The number of nitrogens with one attached hydrogen (secondary N) is 1. The second kappa shape index (κ2) is 6.75. The molecule has 4 heteroatoms. The van der Waals surface area contributed by atoms with Crippen LogP contribution in [0.4, 0.5) is 5.82 Å². The molecule has 2 rings (SSSR count). The molecule has 0 unspecified atom stereocenters. The second-order valence-electron chi connectivity index (χ2n) is 5.29. The van der Waals surface area contributed by atoms with Crippen molar-refractivity contribution in [1.29, 1.82) is 0 Å². The van der Waals surface area contributed by atoms with E-state index in [2.05, 4.69) is 17.2 Å². The molecule has 0 amide bonds. The molecule has 0 aromatic carbocycles. The van der Waals surface area contributed by atoms with E-state index < -0.39 is 0 Å². The highest BCUT2D eigenvalue weighted by molar-refractivity contribution is 5.49. The largest absolute Gasteiger partial charge is 0.490 e. The van der Waals surface area contributed by atoms with E-state index in [-0.39, 0.29) is 0 Å². The van der Waals surface area contributed by atoms with Crippen molar-refractivity contribution in [2.75, 3.05) is 32.2 Å². The Morgan fingerprint density at radius 3 is 2.89 bits per heavy atom. The van der Waals surface area contributed by atoms with Gasteiger partial charge in [0.2, 0.25) is 0 Å². The molecule has 4 nitrogen and oxygen atoms in total. The zero-order valence-corrected chi connectivity index (χ0v) is 11.9. The lowest BCUT2D eigenvalue weighted by Gasteiger charge is -2.17. The summed E-state index contributed by atoms with van der Waals surface area (Å²) in [5.41, 5.74) is 0.412. The molecule has 0 saturated heterocycles. The Morgan fingerprint density at radius 2 is 2.21 bits per heavy atom. The van der Waals surface area contributed by atoms with Crippen LogP contribution in [-0.2, 0) is 4.74 Å². The van der Waals surface area contributed by atoms with Gasteiger partial charge in [-0.15, -0.1) is 0 Å². The van der Waals surface area contributed by atoms with Crippen molar-refractivity contribution in [2.24, 2.45) is 5.41 Å². The summed E-state index contributed by atoms with van der Waals surface area (Å²) >= 11 is 0. The molecular formula is C15H24N2O2. The lowest BCUT2D eigenvalue weighted by Crippen LogP contribution is -2.18. The topological polar surface area (TPSA) is 43.4 Å². The Hall–Kier alpha value is -1.29. The first-order valence-corrected chi connectivity index (χ1v) is 7.10. The van der Waals surface area contributed by atoms with Crippen LogP contribution in [-0.4, -0.2) is 31.9 Å². The van der Waals surface area contributed by atoms with Gasteiger partial charge in [-0.2, -0.15) is 0 Å². The number of rotatable bonds is 9. The highest BCUT2D eigenvalue weighted by Gasteiger charge is 2.41. The SMILES string of the molecule is CCCOc1cccnc1NCC1(CCOC)CC1. The smallest absolute Gasteiger partial charge is 0.168 e. The number of hydrogen-bond donors (Lipinski definition) is 1. The minimum atomic E-state index is 0.412. The highest BCUT2D eigenvalue weighted by atomic mass is 16.5. The predicted octanol–water partition coefficient (Wildman–Crippen LogP) is 3.10. The molecule has 1 saturated carbocycles. The molecule has 106 valence electrons. The summed E-state index contributed by atoms with van der Waals surface area (Å²) in [6.07, 6.45) is 6.49. The molecule has 1 fully saturated rings. The molecular weight excluding hydrogens is 240 g/mol. The molecule has 1 heterocycles. The van der Waals surface area contributed by atoms with Gasteiger partial charge >= 0.3 is 0 Å². The molecule has 0 aliphatic heterocycles. The first kappa shape index (κ1) is 14.1. The van der Waals surface area contributed by atoms with Gasteiger partial charge in [-0.05, 0) is 43.2 Å². The molecule has 1 aromatic heterocycles. The van der Waals surface area contributed by atoms with Crippen molar-refractivity contribution >= 4 is 5.82 Å². The monoisotopic (exact) mass is 264 g/mol. The Labute approximate surface area is 115 Å². The molecule has 1 N–H and O–H groups in total. The van der Waals surface area contributed by atoms with E-state index in [9.17, 15) is 0 Å². The number of aromatic nitrogens is 1. The zero-order chi connectivity index (χ0) is 13.6. The molecule has 1 aliphatic carbocycles. The standard InChI is InChI=1S/C15H24N2O2/c1-3-10-19-13-5-4-9-16-14(13)17-12-15(6-7-15)8-11-18-2/h4-5,9H,3,6-8,10-12H2,1-2H3,(H,16,17). The number of pyridine rings is 1. The first-order valence-electron chi connectivity index (χ1n) is 7.10. The molecule has 0 spiro atoms. The number of hydrogen-bond acceptors (Lipinski definition) is 4. The Balaban J connectivity index is 1.88. The third kappa shape index (κ3) is 4.10. The van der Waals surface area contributed by atoms with Gasteiger partial charge in [-0.25, -0.2) is 4.98 Å². The number of anilines is 1. The van der Waals surface area contributed by atoms with E-state index in [0.29, 0.717) is 5.41 Å². The van der Waals surface area contributed by atoms with Crippen molar-refractivity contribution in [3.63, 3.8) is 0 Å². The van der Waals surface area contributed by atoms with Gasteiger partial charge in [0.1, 0.15) is 0 Å². The maximum Gasteiger partial charge on any atom is 0.168 e. The van der Waals surface area contributed by atoms with E-state index in [1.807, 2.05) is 12.1 Å². The first-order chi connectivity index (χ1) is 9.29. The number of methoxy groups -OCH3 is 1. The van der Waals surface area contributed by atoms with Crippen molar-refractivity contribution in [3.05, 3.63) is 18.3 Å². The summed E-state index contributed by atoms with van der Waals surface area (Å²) in [6, 6.07) is 3.88. The van der Waals surface area contributed by atoms with Crippen LogP contribution in [0, 0.1) is 5.41 Å². The van der Waals surface area contributed by atoms with Gasteiger partial charge in [0, 0.05) is 26.5 Å². The summed E-state index contributed by atoms with van der Waals surface area (Å²) < 4.78 is 10.9. The fourth-order valence-corrected chi connectivity index (χ4v) is 2.13. The lowest BCUT2D eigenvalue weighted by molar-refractivity contribution is 0.174. The number of ether oxygens (including phenoxy) is 2. The van der Waals surface area contributed by atoms with Crippen LogP contribution >= 0.6 is 0 Å². The van der Waals surface area contributed by atoms with Gasteiger partial charge in [-0.3, -0.25) is 0 Å². The average Bonchev–Trinajstić information content (AvgIpc) is 3.22. The van der Waals surface area contributed by atoms with Crippen molar-refractivity contribution in [1.82, 2.24) is 4.98 Å². The Morgan fingerprint density at radius 1 is 1.37 bits per heavy atom. The van der Waals surface area contributed by atoms with Crippen LogP contribution in [0.25, 0.3) is 0 Å². The molecule has 1 aliphatic rings. The second-order valence-corrected chi connectivity index (χ2v) is 5.29. The minimum Gasteiger partial charge on any atom is -0.490 e. The Kier molecular flexibility index (Phi) is 5.02. The summed E-state index contributed by atoms with van der Waals surface area (Å²) in [6.45, 7) is 4.63. The zero-order valence-electron chi connectivity index (χ0n) is 11.9. The highest BCUT2D eigenvalue weighted by Crippen LogP contribution is 2.48. The molecule has 19 heavy (non-hydrogen) atoms. The molecule has 0 radical (unpaired) electrons. The summed E-state index contributed by atoms with van der Waals surface area (Å²) in [5, 5.41) is 3.44. The summed E-state index contributed by atoms with van der Waals surface area (Å²) in [4.78, 5) is 4.38. The maximum absolute atomic E-state index is 5.70. The van der Waals surface area contributed by atoms with Gasteiger partial charge in [0.15, 0.2) is 11.6 Å². The molecule has 0 bridgehead atoms. The normalized spacial score (nSPS) is 16.1. The van der Waals surface area contributed by atoms with Gasteiger partial charge in [0.05, 0.1) is 6.61 Å². The fraction of sp³-hybridized carbons (Fsp3) is 0.667.